The van der Waals surface area contributed by atoms with Crippen molar-refractivity contribution in [2.45, 2.75) is 77.6 Å². The number of oxazole rings is 1. The lowest BCUT2D eigenvalue weighted by molar-refractivity contribution is 0.332. The van der Waals surface area contributed by atoms with Gasteiger partial charge in [-0.1, -0.05) is 109 Å². The van der Waals surface area contributed by atoms with E-state index < -0.39 is 0 Å². The maximum atomic E-state index is 7.03. The summed E-state index contributed by atoms with van der Waals surface area (Å²) in [4.78, 5) is 7.85. The molecule has 4 aromatic heterocycles. The predicted octanol–water partition coefficient (Wildman–Crippen LogP) is 15.7. The molecule has 0 amide bonds. The molecule has 0 saturated heterocycles. The van der Waals surface area contributed by atoms with Crippen molar-refractivity contribution in [1.82, 2.24) is 9.55 Å². The van der Waals surface area contributed by atoms with Gasteiger partial charge in [0.05, 0.1) is 11.0 Å². The average molecular weight is 898 g/mol. The van der Waals surface area contributed by atoms with Crippen LogP contribution in [-0.2, 0) is 16.2 Å². The third-order valence-corrected chi connectivity index (χ3v) is 17.3. The number of aromatic nitrogens is 2. The van der Waals surface area contributed by atoms with Crippen molar-refractivity contribution in [2.75, 3.05) is 4.81 Å². The summed E-state index contributed by atoms with van der Waals surface area (Å²) in [6.45, 7) is 16.3. The van der Waals surface area contributed by atoms with E-state index in [0.717, 1.165) is 57.4 Å². The summed E-state index contributed by atoms with van der Waals surface area (Å²) in [5, 5.41) is 7.43. The molecule has 0 unspecified atom stereocenters. The minimum atomic E-state index is -0.181. The van der Waals surface area contributed by atoms with Gasteiger partial charge in [-0.05, 0) is 135 Å². The maximum Gasteiger partial charge on any atom is 0.333 e. The number of anilines is 2. The molecule has 2 aliphatic heterocycles. The molecule has 0 bridgehead atoms. The van der Waals surface area contributed by atoms with Crippen LogP contribution >= 0.6 is 11.3 Å². The Bertz CT molecular complexity index is 4200. The highest BCUT2D eigenvalue weighted by Crippen LogP contribution is 2.52. The Morgan fingerprint density at radius 1 is 0.588 bits per heavy atom. The second-order valence-electron chi connectivity index (χ2n) is 22.2. The fraction of sp³-hybridized carbons (Fsp3) is 0.197. The summed E-state index contributed by atoms with van der Waals surface area (Å²) in [5.41, 5.74) is 19.6. The van der Waals surface area contributed by atoms with E-state index in [0.29, 0.717) is 5.89 Å². The second kappa shape index (κ2) is 12.9. The summed E-state index contributed by atoms with van der Waals surface area (Å²) in [5.74, 6) is 0.627. The maximum absolute atomic E-state index is 7.03. The Morgan fingerprint density at radius 2 is 1.32 bits per heavy atom. The van der Waals surface area contributed by atoms with Crippen LogP contribution in [0.2, 0.25) is 0 Å². The molecule has 7 heteroatoms. The van der Waals surface area contributed by atoms with Crippen LogP contribution in [0.15, 0.2) is 148 Å². The molecule has 15 rings (SSSR count). The van der Waals surface area contributed by atoms with Gasteiger partial charge in [0.15, 0.2) is 5.58 Å². The van der Waals surface area contributed by atoms with E-state index in [-0.39, 0.29) is 23.1 Å². The van der Waals surface area contributed by atoms with E-state index in [9.17, 15) is 0 Å². The van der Waals surface area contributed by atoms with Crippen molar-refractivity contribution < 1.29 is 8.83 Å². The number of hydrogen-bond donors (Lipinski definition) is 0. The standard InChI is InChI=1S/C61H48BN3O2S/c1-59(2,3)34-17-19-35(20-18-34)65-49-26-42-41-25-44-45(61(6,7)24-23-60(44,4)5)30-52(41)66-51(42)28-39(49)37-21-22-38-40-29-55-43(36-15-11-12-16-54(36)68-55)27-48(40)64-50-32-53-47(31-46(50)62(65)56(37)57(38)64)63-58(67-53)33-13-9-8-10-14-33/h8-22,25-32H,23-24H2,1-7H3. The van der Waals surface area contributed by atoms with Crippen molar-refractivity contribution in [3.63, 3.8) is 0 Å². The van der Waals surface area contributed by atoms with Gasteiger partial charge in [-0.2, -0.15) is 0 Å². The van der Waals surface area contributed by atoms with Crippen LogP contribution in [0.25, 0.3) is 103 Å². The Labute approximate surface area is 398 Å². The van der Waals surface area contributed by atoms with Crippen LogP contribution in [0.5, 0.6) is 0 Å². The molecule has 0 N–H and O–H groups in total. The molecular weight excluding hydrogens is 850 g/mol. The van der Waals surface area contributed by atoms with Gasteiger partial charge in [0.1, 0.15) is 16.7 Å². The molecule has 0 fully saturated rings. The van der Waals surface area contributed by atoms with Crippen LogP contribution in [-0.4, -0.2) is 16.4 Å². The van der Waals surface area contributed by atoms with E-state index in [2.05, 4.69) is 179 Å². The molecule has 12 aromatic rings. The highest BCUT2D eigenvalue weighted by atomic mass is 32.1. The van der Waals surface area contributed by atoms with Crippen LogP contribution in [0.3, 0.4) is 0 Å². The van der Waals surface area contributed by atoms with Gasteiger partial charge in [-0.15, -0.1) is 11.3 Å². The minimum Gasteiger partial charge on any atom is -0.456 e. The summed E-state index contributed by atoms with van der Waals surface area (Å²) in [7, 11) is 0. The van der Waals surface area contributed by atoms with E-state index in [1.807, 2.05) is 29.5 Å². The van der Waals surface area contributed by atoms with E-state index >= 15 is 0 Å². The average Bonchev–Trinajstić information content (AvgIpc) is 4.10. The zero-order valence-corrected chi connectivity index (χ0v) is 40.2. The molecule has 3 aliphatic rings. The van der Waals surface area contributed by atoms with E-state index in [1.54, 1.807) is 0 Å². The summed E-state index contributed by atoms with van der Waals surface area (Å²) in [6.07, 6.45) is 2.31. The Kier molecular flexibility index (Phi) is 7.40. The smallest absolute Gasteiger partial charge is 0.333 e. The van der Waals surface area contributed by atoms with Gasteiger partial charge in [-0.3, -0.25) is 0 Å². The molecule has 6 heterocycles. The SMILES string of the molecule is CC(C)(C)c1ccc(N2B3c4cc5nc(-c6ccccc6)oc5cc4-n4c5cc6c(cc5c5ccc(c3c54)-c3cc4oc5cc7c(cc5c4cc32)C(C)(C)CCC7(C)C)sc2ccccc26)cc1. The molecule has 0 spiro atoms. The Hall–Kier alpha value is -7.09. The second-order valence-corrected chi connectivity index (χ2v) is 23.3. The highest BCUT2D eigenvalue weighted by molar-refractivity contribution is 7.25. The predicted molar refractivity (Wildman–Crippen MR) is 287 cm³/mol. The fourth-order valence-corrected chi connectivity index (χ4v) is 13.6. The largest absolute Gasteiger partial charge is 0.456 e. The molecule has 68 heavy (non-hydrogen) atoms. The quantitative estimate of drug-likeness (QED) is 0.162. The van der Waals surface area contributed by atoms with E-state index in [4.69, 9.17) is 13.8 Å². The minimum absolute atomic E-state index is 0.00688. The van der Waals surface area contributed by atoms with Gasteiger partial charge < -0.3 is 18.2 Å². The summed E-state index contributed by atoms with van der Waals surface area (Å²) < 4.78 is 18.9. The first-order valence-corrected chi connectivity index (χ1v) is 25.0. The van der Waals surface area contributed by atoms with Crippen LogP contribution in [0, 0.1) is 0 Å². The molecule has 0 atom stereocenters. The first-order chi connectivity index (χ1) is 32.8. The zero-order valence-electron chi connectivity index (χ0n) is 39.3. The van der Waals surface area contributed by atoms with Gasteiger partial charge >= 0.3 is 6.85 Å². The molecule has 0 radical (unpaired) electrons. The van der Waals surface area contributed by atoms with Crippen molar-refractivity contribution in [3.05, 3.63) is 156 Å². The zero-order chi connectivity index (χ0) is 45.7. The Morgan fingerprint density at radius 3 is 2.12 bits per heavy atom. The van der Waals surface area contributed by atoms with E-state index in [1.165, 1.54) is 91.8 Å². The molecule has 328 valence electrons. The van der Waals surface area contributed by atoms with Gasteiger partial charge in [0.25, 0.3) is 0 Å². The third kappa shape index (κ3) is 5.15. The highest BCUT2D eigenvalue weighted by Gasteiger charge is 2.45. The van der Waals surface area contributed by atoms with Crippen LogP contribution in [0.4, 0.5) is 11.4 Å². The lowest BCUT2D eigenvalue weighted by Gasteiger charge is -2.42. The number of furan rings is 1. The molecule has 8 aromatic carbocycles. The van der Waals surface area contributed by atoms with Crippen molar-refractivity contribution in [3.8, 4) is 28.3 Å². The van der Waals surface area contributed by atoms with Gasteiger partial charge in [-0.25, -0.2) is 4.98 Å². The van der Waals surface area contributed by atoms with Gasteiger partial charge in [0.2, 0.25) is 5.89 Å². The summed E-state index contributed by atoms with van der Waals surface area (Å²) >= 11 is 1.88. The monoisotopic (exact) mass is 897 g/mol. The number of nitrogens with zero attached hydrogens (tertiary/aromatic N) is 3. The van der Waals surface area contributed by atoms with Crippen molar-refractivity contribution >= 4 is 116 Å². The van der Waals surface area contributed by atoms with Crippen LogP contribution in [0.1, 0.15) is 78.0 Å². The summed E-state index contributed by atoms with van der Waals surface area (Å²) in [6, 6.07) is 52.4. The lowest BCUT2D eigenvalue weighted by Crippen LogP contribution is -2.60. The Balaban J connectivity index is 1.08. The lowest BCUT2D eigenvalue weighted by atomic mass is 9.44. The van der Waals surface area contributed by atoms with Crippen LogP contribution < -0.4 is 15.7 Å². The number of fused-ring (bicyclic) bond motifs is 16. The fourth-order valence-electron chi connectivity index (χ4n) is 12.5. The molecular formula is C61H48BN3O2S. The van der Waals surface area contributed by atoms with Gasteiger partial charge in [0, 0.05) is 76.0 Å². The van der Waals surface area contributed by atoms with Crippen molar-refractivity contribution in [2.24, 2.45) is 0 Å². The third-order valence-electron chi connectivity index (χ3n) is 16.2. The first-order valence-electron chi connectivity index (χ1n) is 24.2. The normalized spacial score (nSPS) is 15.9. The topological polar surface area (TPSA) is 47.3 Å². The molecule has 1 aliphatic carbocycles. The number of hydrogen-bond acceptors (Lipinski definition) is 5. The number of rotatable bonds is 2. The van der Waals surface area contributed by atoms with Crippen molar-refractivity contribution in [1.29, 1.82) is 0 Å². The molecule has 0 saturated carbocycles. The number of benzene rings is 8. The first kappa shape index (κ1) is 39.0. The molecule has 5 nitrogen and oxygen atoms in total. The number of thiophene rings is 1.